The lowest BCUT2D eigenvalue weighted by Gasteiger charge is -2.09. The molecule has 32 heavy (non-hydrogen) atoms. The molecule has 4 rings (SSSR count). The van der Waals surface area contributed by atoms with E-state index in [-0.39, 0.29) is 5.95 Å². The highest BCUT2D eigenvalue weighted by Crippen LogP contribution is 2.45. The number of nitriles is 1. The predicted octanol–water partition coefficient (Wildman–Crippen LogP) is 5.35. The van der Waals surface area contributed by atoms with E-state index in [0.717, 1.165) is 17.7 Å². The zero-order valence-electron chi connectivity index (χ0n) is 16.4. The van der Waals surface area contributed by atoms with Gasteiger partial charge in [-0.2, -0.15) is 23.5 Å². The molecule has 3 N–H and O–H groups in total. The molecule has 10 heteroatoms. The molecule has 0 fully saturated rings. The zero-order valence-corrected chi connectivity index (χ0v) is 17.2. The molecular weight excluding hydrogens is 437 g/mol. The van der Waals surface area contributed by atoms with Gasteiger partial charge in [-0.1, -0.05) is 42.5 Å². The highest BCUT2D eigenvalue weighted by atomic mass is 32.1. The van der Waals surface area contributed by atoms with Gasteiger partial charge < -0.3 is 11.1 Å². The van der Waals surface area contributed by atoms with Gasteiger partial charge in [-0.3, -0.25) is 0 Å². The second-order valence-electron chi connectivity index (χ2n) is 6.74. The fraction of sp³-hybridized carbons (Fsp3) is 0.0909. The van der Waals surface area contributed by atoms with Crippen LogP contribution in [0.2, 0.25) is 0 Å². The van der Waals surface area contributed by atoms with Gasteiger partial charge in [0.2, 0.25) is 5.95 Å². The molecule has 0 unspecified atom stereocenters. The minimum absolute atomic E-state index is 0.0495. The van der Waals surface area contributed by atoms with Gasteiger partial charge in [0.15, 0.2) is 0 Å². The van der Waals surface area contributed by atoms with Crippen LogP contribution in [0, 0.1) is 11.3 Å². The summed E-state index contributed by atoms with van der Waals surface area (Å²) in [6, 6.07) is 16.4. The molecule has 0 amide bonds. The first-order valence-electron chi connectivity index (χ1n) is 9.34. The molecule has 0 bridgehead atoms. The monoisotopic (exact) mass is 452 g/mol. The Balaban J connectivity index is 1.82. The van der Waals surface area contributed by atoms with E-state index in [1.165, 1.54) is 29.7 Å². The molecule has 2 heterocycles. The molecule has 2 aromatic carbocycles. The van der Waals surface area contributed by atoms with Crippen molar-refractivity contribution < 1.29 is 13.2 Å². The maximum atomic E-state index is 13.0. The standard InChI is InChI=1S/C22H15F3N6S/c23-22(24,25)15-8-6-14(7-9-15)18-16(10-26)20(28-11-13-4-2-1-3-5-13)32-19(18)17-12-29-31-21(27)30-17/h1-9,12,28H,11H2,(H2,27,30,31). The van der Waals surface area contributed by atoms with Crippen molar-refractivity contribution >= 4 is 22.3 Å². The van der Waals surface area contributed by atoms with Crippen LogP contribution in [0.4, 0.5) is 24.1 Å². The number of aromatic nitrogens is 3. The normalized spacial score (nSPS) is 11.2. The number of thiophene rings is 1. The Labute approximate surface area is 185 Å². The second-order valence-corrected chi connectivity index (χ2v) is 7.76. The number of nitrogens with two attached hydrogens (primary N) is 1. The molecule has 0 spiro atoms. The first-order valence-corrected chi connectivity index (χ1v) is 10.2. The summed E-state index contributed by atoms with van der Waals surface area (Å²) in [4.78, 5) is 4.74. The number of hydrogen-bond acceptors (Lipinski definition) is 7. The van der Waals surface area contributed by atoms with Crippen LogP contribution in [0.5, 0.6) is 0 Å². The SMILES string of the molecule is N#Cc1c(NCc2ccccc2)sc(-c2cnnc(N)n2)c1-c1ccc(C(F)(F)F)cc1. The maximum Gasteiger partial charge on any atom is 0.416 e. The Morgan fingerprint density at radius 2 is 1.78 bits per heavy atom. The van der Waals surface area contributed by atoms with E-state index < -0.39 is 11.7 Å². The summed E-state index contributed by atoms with van der Waals surface area (Å²) in [7, 11) is 0. The van der Waals surface area contributed by atoms with Crippen LogP contribution in [0.15, 0.2) is 60.8 Å². The van der Waals surface area contributed by atoms with E-state index >= 15 is 0 Å². The quantitative estimate of drug-likeness (QED) is 0.423. The molecule has 4 aromatic rings. The number of alkyl halides is 3. The molecular formula is C22H15F3N6S. The second kappa shape index (κ2) is 8.64. The van der Waals surface area contributed by atoms with Gasteiger partial charge in [0.1, 0.15) is 16.8 Å². The first kappa shape index (κ1) is 21.3. The Bertz CT molecular complexity index is 1280. The van der Waals surface area contributed by atoms with Gasteiger partial charge in [-0.05, 0) is 23.3 Å². The fourth-order valence-electron chi connectivity index (χ4n) is 3.15. The van der Waals surface area contributed by atoms with Crippen molar-refractivity contribution in [1.82, 2.24) is 15.2 Å². The molecule has 160 valence electrons. The van der Waals surface area contributed by atoms with Crippen molar-refractivity contribution in [3.8, 4) is 27.8 Å². The third-order valence-electron chi connectivity index (χ3n) is 4.62. The summed E-state index contributed by atoms with van der Waals surface area (Å²) in [5.41, 5.74) is 7.51. The Morgan fingerprint density at radius 1 is 1.06 bits per heavy atom. The van der Waals surface area contributed by atoms with Crippen LogP contribution in [0.1, 0.15) is 16.7 Å². The Morgan fingerprint density at radius 3 is 2.41 bits per heavy atom. The van der Waals surface area contributed by atoms with E-state index in [9.17, 15) is 18.4 Å². The number of nitrogens with one attached hydrogen (secondary N) is 1. The molecule has 0 aliphatic rings. The van der Waals surface area contributed by atoms with Gasteiger partial charge in [0.05, 0.1) is 22.2 Å². The topological polar surface area (TPSA) is 101 Å². The summed E-state index contributed by atoms with van der Waals surface area (Å²) in [6.45, 7) is 0.464. The average Bonchev–Trinajstić information content (AvgIpc) is 3.16. The fourth-order valence-corrected chi connectivity index (χ4v) is 4.27. The number of halogens is 3. The third-order valence-corrected chi connectivity index (χ3v) is 5.79. The van der Waals surface area contributed by atoms with Crippen LogP contribution in [-0.4, -0.2) is 15.2 Å². The number of anilines is 2. The lowest BCUT2D eigenvalue weighted by molar-refractivity contribution is -0.137. The van der Waals surface area contributed by atoms with E-state index in [4.69, 9.17) is 5.73 Å². The van der Waals surface area contributed by atoms with Gasteiger partial charge in [0.25, 0.3) is 0 Å². The highest BCUT2D eigenvalue weighted by Gasteiger charge is 2.30. The van der Waals surface area contributed by atoms with Gasteiger partial charge >= 0.3 is 6.18 Å². The van der Waals surface area contributed by atoms with Crippen molar-refractivity contribution in [3.63, 3.8) is 0 Å². The lowest BCUT2D eigenvalue weighted by Crippen LogP contribution is -2.04. The third kappa shape index (κ3) is 4.38. The molecule has 0 atom stereocenters. The number of hydrogen-bond donors (Lipinski definition) is 2. The molecule has 0 aliphatic heterocycles. The summed E-state index contributed by atoms with van der Waals surface area (Å²) < 4.78 is 39.1. The Kier molecular flexibility index (Phi) is 5.75. The molecule has 0 saturated carbocycles. The number of benzene rings is 2. The summed E-state index contributed by atoms with van der Waals surface area (Å²) in [5, 5.41) is 21.2. The first-order chi connectivity index (χ1) is 15.4. The summed E-state index contributed by atoms with van der Waals surface area (Å²) >= 11 is 1.25. The van der Waals surface area contributed by atoms with Gasteiger partial charge in [0, 0.05) is 12.1 Å². The molecule has 0 saturated heterocycles. The van der Waals surface area contributed by atoms with Crippen LogP contribution < -0.4 is 11.1 Å². The minimum Gasteiger partial charge on any atom is -0.372 e. The smallest absolute Gasteiger partial charge is 0.372 e. The van der Waals surface area contributed by atoms with Crippen LogP contribution >= 0.6 is 11.3 Å². The van der Waals surface area contributed by atoms with Crippen molar-refractivity contribution in [2.75, 3.05) is 11.1 Å². The highest BCUT2D eigenvalue weighted by molar-refractivity contribution is 7.20. The zero-order chi connectivity index (χ0) is 22.7. The van der Waals surface area contributed by atoms with Crippen molar-refractivity contribution in [2.24, 2.45) is 0 Å². The molecule has 6 nitrogen and oxygen atoms in total. The molecule has 2 aromatic heterocycles. The average molecular weight is 452 g/mol. The number of nitrogens with zero attached hydrogens (tertiary/aromatic N) is 4. The summed E-state index contributed by atoms with van der Waals surface area (Å²) in [6.07, 6.45) is -3.06. The van der Waals surface area contributed by atoms with Gasteiger partial charge in [-0.25, -0.2) is 4.98 Å². The van der Waals surface area contributed by atoms with E-state index in [2.05, 4.69) is 26.6 Å². The van der Waals surface area contributed by atoms with E-state index in [1.807, 2.05) is 30.3 Å². The van der Waals surface area contributed by atoms with E-state index in [0.29, 0.717) is 38.8 Å². The number of nitrogen functional groups attached to an aromatic ring is 1. The summed E-state index contributed by atoms with van der Waals surface area (Å²) in [5.74, 6) is -0.0495. The molecule has 0 aliphatic carbocycles. The number of rotatable bonds is 5. The van der Waals surface area contributed by atoms with Crippen molar-refractivity contribution in [1.29, 1.82) is 5.26 Å². The largest absolute Gasteiger partial charge is 0.416 e. The van der Waals surface area contributed by atoms with Crippen LogP contribution in [-0.2, 0) is 12.7 Å². The van der Waals surface area contributed by atoms with E-state index in [1.54, 1.807) is 0 Å². The maximum absolute atomic E-state index is 13.0. The lowest BCUT2D eigenvalue weighted by atomic mass is 9.99. The predicted molar refractivity (Wildman–Crippen MR) is 116 cm³/mol. The van der Waals surface area contributed by atoms with Crippen LogP contribution in [0.25, 0.3) is 21.7 Å². The minimum atomic E-state index is -4.46. The molecule has 0 radical (unpaired) electrons. The van der Waals surface area contributed by atoms with Crippen molar-refractivity contribution in [3.05, 3.63) is 77.5 Å². The van der Waals surface area contributed by atoms with Crippen molar-refractivity contribution in [2.45, 2.75) is 12.7 Å². The van der Waals surface area contributed by atoms with Crippen LogP contribution in [0.3, 0.4) is 0 Å². The Hall–Kier alpha value is -3.97. The van der Waals surface area contributed by atoms with Gasteiger partial charge in [-0.15, -0.1) is 16.4 Å².